The number of carbonyl (C=O) groups is 1. The van der Waals surface area contributed by atoms with Crippen molar-refractivity contribution in [3.8, 4) is 11.5 Å². The van der Waals surface area contributed by atoms with Crippen LogP contribution in [-0.2, 0) is 16.7 Å². The van der Waals surface area contributed by atoms with Crippen LogP contribution < -0.4 is 5.73 Å². The summed E-state index contributed by atoms with van der Waals surface area (Å²) in [5, 5.41) is -0.304. The van der Waals surface area contributed by atoms with Gasteiger partial charge in [-0.2, -0.15) is 13.2 Å². The molecule has 0 saturated carbocycles. The van der Waals surface area contributed by atoms with E-state index in [4.69, 9.17) is 10.2 Å². The predicted octanol–water partition coefficient (Wildman–Crippen LogP) is 3.86. The van der Waals surface area contributed by atoms with E-state index in [-0.39, 0.29) is 17.0 Å². The van der Waals surface area contributed by atoms with Crippen molar-refractivity contribution in [2.24, 2.45) is 5.73 Å². The van der Waals surface area contributed by atoms with Gasteiger partial charge in [0.1, 0.15) is 6.26 Å². The van der Waals surface area contributed by atoms with Crippen LogP contribution in [0, 0.1) is 0 Å². The minimum Gasteiger partial charge on any atom is -0.444 e. The van der Waals surface area contributed by atoms with Crippen molar-refractivity contribution in [2.45, 2.75) is 30.5 Å². The Bertz CT molecular complexity index is 668. The number of alkyl halides is 3. The number of primary amides is 1. The van der Waals surface area contributed by atoms with Crippen LogP contribution in [0.15, 0.2) is 34.9 Å². The van der Waals surface area contributed by atoms with Crippen LogP contribution >= 0.6 is 11.8 Å². The van der Waals surface area contributed by atoms with Gasteiger partial charge in [0.2, 0.25) is 11.8 Å². The maximum Gasteiger partial charge on any atom is 0.416 e. The van der Waals surface area contributed by atoms with E-state index in [1.54, 1.807) is 0 Å². The second kappa shape index (κ2) is 7.08. The molecule has 1 atom stereocenters. The van der Waals surface area contributed by atoms with Gasteiger partial charge in [-0.3, -0.25) is 4.79 Å². The predicted molar refractivity (Wildman–Crippen MR) is 81.5 cm³/mol. The molecule has 8 heteroatoms. The van der Waals surface area contributed by atoms with E-state index >= 15 is 0 Å². The average Bonchev–Trinajstić information content (AvgIpc) is 2.96. The number of thioether (sulfide) groups is 1. The second-order valence-electron chi connectivity index (χ2n) is 4.83. The lowest BCUT2D eigenvalue weighted by Crippen LogP contribution is -2.25. The lowest BCUT2D eigenvalue weighted by atomic mass is 10.1. The molecule has 1 aromatic carbocycles. The lowest BCUT2D eigenvalue weighted by Gasteiger charge is -2.08. The maximum absolute atomic E-state index is 12.5. The van der Waals surface area contributed by atoms with E-state index in [1.165, 1.54) is 30.2 Å². The van der Waals surface area contributed by atoms with Crippen LogP contribution in [0.4, 0.5) is 13.2 Å². The van der Waals surface area contributed by atoms with Crippen molar-refractivity contribution in [2.75, 3.05) is 0 Å². The molecule has 0 spiro atoms. The van der Waals surface area contributed by atoms with Gasteiger partial charge in [-0.1, -0.05) is 6.92 Å². The molecule has 1 heterocycles. The summed E-state index contributed by atoms with van der Waals surface area (Å²) >= 11 is 1.35. The first kappa shape index (κ1) is 17.4. The summed E-state index contributed by atoms with van der Waals surface area (Å²) in [6.07, 6.45) is -2.34. The van der Waals surface area contributed by atoms with Crippen LogP contribution in [0.2, 0.25) is 0 Å². The number of halogens is 3. The minimum absolute atomic E-state index is 0.237. The fourth-order valence-electron chi connectivity index (χ4n) is 1.89. The summed E-state index contributed by atoms with van der Waals surface area (Å²) in [5.74, 6) is 0.288. The highest BCUT2D eigenvalue weighted by Crippen LogP contribution is 2.31. The van der Waals surface area contributed by atoms with E-state index in [2.05, 4.69) is 4.98 Å². The van der Waals surface area contributed by atoms with Crippen molar-refractivity contribution in [1.29, 1.82) is 0 Å². The molecule has 23 heavy (non-hydrogen) atoms. The maximum atomic E-state index is 12.5. The number of rotatable bonds is 6. The van der Waals surface area contributed by atoms with Crippen LogP contribution in [0.1, 0.15) is 24.6 Å². The normalized spacial score (nSPS) is 13.0. The molecule has 0 aliphatic carbocycles. The van der Waals surface area contributed by atoms with Crippen LogP contribution in [0.5, 0.6) is 0 Å². The third-order valence-corrected chi connectivity index (χ3v) is 4.56. The highest BCUT2D eigenvalue weighted by molar-refractivity contribution is 7.99. The standard InChI is InChI=1S/C15H15F3N2O2S/c1-2-12(13(19)21)23-8-11-7-22-14(20-11)9-3-5-10(6-4-9)15(16,17)18/h3-7,12H,2,8H2,1H3,(H2,19,21)/t12-/m1/s1. The minimum atomic E-state index is -4.37. The van der Waals surface area contributed by atoms with Gasteiger partial charge in [-0.05, 0) is 30.7 Å². The molecular formula is C15H15F3N2O2S. The molecule has 0 aliphatic rings. The largest absolute Gasteiger partial charge is 0.444 e. The molecule has 0 aliphatic heterocycles. The van der Waals surface area contributed by atoms with Crippen molar-refractivity contribution in [3.05, 3.63) is 41.8 Å². The van der Waals surface area contributed by atoms with E-state index in [1.807, 2.05) is 6.92 Å². The molecular weight excluding hydrogens is 329 g/mol. The molecule has 2 aromatic rings. The first-order chi connectivity index (χ1) is 10.8. The van der Waals surface area contributed by atoms with Crippen LogP contribution in [0.25, 0.3) is 11.5 Å². The van der Waals surface area contributed by atoms with Gasteiger partial charge in [0, 0.05) is 11.3 Å². The van der Waals surface area contributed by atoms with E-state index in [9.17, 15) is 18.0 Å². The number of nitrogens with two attached hydrogens (primary N) is 1. The Morgan fingerprint density at radius 2 is 2.00 bits per heavy atom. The molecule has 0 saturated heterocycles. The zero-order valence-electron chi connectivity index (χ0n) is 12.3. The number of hydrogen-bond donors (Lipinski definition) is 1. The smallest absolute Gasteiger partial charge is 0.416 e. The van der Waals surface area contributed by atoms with Crippen molar-refractivity contribution in [3.63, 3.8) is 0 Å². The molecule has 0 fully saturated rings. The topological polar surface area (TPSA) is 69.1 Å². The van der Waals surface area contributed by atoms with E-state index < -0.39 is 11.7 Å². The van der Waals surface area contributed by atoms with E-state index in [0.717, 1.165) is 12.1 Å². The Balaban J connectivity index is 2.06. The van der Waals surface area contributed by atoms with Gasteiger partial charge in [0.05, 0.1) is 16.5 Å². The van der Waals surface area contributed by atoms with Crippen molar-refractivity contribution >= 4 is 17.7 Å². The zero-order valence-corrected chi connectivity index (χ0v) is 13.1. The van der Waals surface area contributed by atoms with Crippen molar-refractivity contribution < 1.29 is 22.4 Å². The first-order valence-electron chi connectivity index (χ1n) is 6.84. The average molecular weight is 344 g/mol. The molecule has 1 amide bonds. The molecule has 0 bridgehead atoms. The summed E-state index contributed by atoms with van der Waals surface area (Å²) in [4.78, 5) is 15.4. The number of amides is 1. The van der Waals surface area contributed by atoms with Crippen LogP contribution in [0.3, 0.4) is 0 Å². The molecule has 124 valence electrons. The molecule has 2 N–H and O–H groups in total. The fraction of sp³-hybridized carbons (Fsp3) is 0.333. The van der Waals surface area contributed by atoms with Crippen LogP contribution in [-0.4, -0.2) is 16.1 Å². The quantitative estimate of drug-likeness (QED) is 0.864. The Labute approximate surface area is 135 Å². The Hall–Kier alpha value is -1.96. The molecule has 1 aromatic heterocycles. The molecule has 0 unspecified atom stereocenters. The molecule has 0 radical (unpaired) electrons. The van der Waals surface area contributed by atoms with Gasteiger partial charge in [0.25, 0.3) is 0 Å². The number of carbonyl (C=O) groups excluding carboxylic acids is 1. The summed E-state index contributed by atoms with van der Waals surface area (Å²) in [6, 6.07) is 4.58. The fourth-order valence-corrected chi connectivity index (χ4v) is 2.80. The number of hydrogen-bond acceptors (Lipinski definition) is 4. The Kier molecular flexibility index (Phi) is 5.35. The first-order valence-corrected chi connectivity index (χ1v) is 7.89. The number of oxazole rings is 1. The van der Waals surface area contributed by atoms with Gasteiger partial charge < -0.3 is 10.2 Å². The van der Waals surface area contributed by atoms with Gasteiger partial charge in [-0.15, -0.1) is 11.8 Å². The van der Waals surface area contributed by atoms with Crippen molar-refractivity contribution in [1.82, 2.24) is 4.98 Å². The lowest BCUT2D eigenvalue weighted by molar-refractivity contribution is -0.137. The number of benzene rings is 1. The van der Waals surface area contributed by atoms with Gasteiger partial charge >= 0.3 is 6.18 Å². The highest BCUT2D eigenvalue weighted by Gasteiger charge is 2.30. The Morgan fingerprint density at radius 3 is 2.52 bits per heavy atom. The summed E-state index contributed by atoms with van der Waals surface area (Å²) in [6.45, 7) is 1.86. The molecule has 2 rings (SSSR count). The highest BCUT2D eigenvalue weighted by atomic mass is 32.2. The summed E-state index contributed by atoms with van der Waals surface area (Å²) < 4.78 is 42.8. The molecule has 4 nitrogen and oxygen atoms in total. The second-order valence-corrected chi connectivity index (χ2v) is 6.02. The third kappa shape index (κ3) is 4.51. The third-order valence-electron chi connectivity index (χ3n) is 3.13. The van der Waals surface area contributed by atoms with E-state index in [0.29, 0.717) is 23.4 Å². The Morgan fingerprint density at radius 1 is 1.35 bits per heavy atom. The summed E-state index contributed by atoms with van der Waals surface area (Å²) in [7, 11) is 0. The monoisotopic (exact) mass is 344 g/mol. The SMILES string of the molecule is CC[C@@H](SCc1coc(-c2ccc(C(F)(F)F)cc2)n1)C(N)=O. The zero-order chi connectivity index (χ0) is 17.0. The van der Waals surface area contributed by atoms with Gasteiger partial charge in [-0.25, -0.2) is 4.98 Å². The van der Waals surface area contributed by atoms with Gasteiger partial charge in [0.15, 0.2) is 0 Å². The summed E-state index contributed by atoms with van der Waals surface area (Å²) in [5.41, 5.74) is 5.59. The number of nitrogens with zero attached hydrogens (tertiary/aromatic N) is 1. The number of aromatic nitrogens is 1.